The molecule has 1 aliphatic heterocycles. The van der Waals surface area contributed by atoms with Gasteiger partial charge in [0.15, 0.2) is 5.82 Å². The fraction of sp³-hybridized carbons (Fsp3) is 0.438. The summed E-state index contributed by atoms with van der Waals surface area (Å²) in [6.07, 6.45) is 4.59. The summed E-state index contributed by atoms with van der Waals surface area (Å²) in [4.78, 5) is 12.2. The van der Waals surface area contributed by atoms with Crippen LogP contribution in [0.15, 0.2) is 18.2 Å². The SMILES string of the molecule is O=C(Cc1c(Cl)cccc1Cl)NCc1nnc2n1CCCCC2. The van der Waals surface area contributed by atoms with E-state index in [1.165, 1.54) is 6.42 Å². The van der Waals surface area contributed by atoms with Crippen LogP contribution >= 0.6 is 23.2 Å². The molecule has 0 bridgehead atoms. The monoisotopic (exact) mass is 352 g/mol. The van der Waals surface area contributed by atoms with Gasteiger partial charge in [-0.05, 0) is 30.5 Å². The van der Waals surface area contributed by atoms with Crippen LogP contribution in [0.4, 0.5) is 0 Å². The first-order chi connectivity index (χ1) is 11.1. The van der Waals surface area contributed by atoms with Crippen LogP contribution < -0.4 is 5.32 Å². The van der Waals surface area contributed by atoms with Crippen molar-refractivity contribution in [1.29, 1.82) is 0 Å². The van der Waals surface area contributed by atoms with E-state index in [2.05, 4.69) is 20.1 Å². The van der Waals surface area contributed by atoms with E-state index in [0.717, 1.165) is 37.5 Å². The zero-order chi connectivity index (χ0) is 16.2. The number of nitrogens with zero attached hydrogens (tertiary/aromatic N) is 3. The molecule has 0 unspecified atom stereocenters. The Kier molecular flexibility index (Phi) is 5.18. The first kappa shape index (κ1) is 16.3. The molecule has 23 heavy (non-hydrogen) atoms. The molecule has 1 N–H and O–H groups in total. The molecule has 1 aromatic carbocycles. The Bertz CT molecular complexity index is 694. The minimum Gasteiger partial charge on any atom is -0.349 e. The van der Waals surface area contributed by atoms with Crippen molar-refractivity contribution in [2.75, 3.05) is 0 Å². The maximum atomic E-state index is 12.2. The average Bonchev–Trinajstić information content (AvgIpc) is 2.76. The number of hydrogen-bond acceptors (Lipinski definition) is 3. The van der Waals surface area contributed by atoms with E-state index in [4.69, 9.17) is 23.2 Å². The van der Waals surface area contributed by atoms with Gasteiger partial charge in [-0.1, -0.05) is 35.7 Å². The first-order valence-electron chi connectivity index (χ1n) is 7.75. The molecule has 7 heteroatoms. The van der Waals surface area contributed by atoms with Crippen LogP contribution in [-0.2, 0) is 30.7 Å². The molecule has 0 atom stereocenters. The van der Waals surface area contributed by atoms with Crippen molar-refractivity contribution >= 4 is 29.1 Å². The molecule has 122 valence electrons. The molecule has 0 radical (unpaired) electrons. The first-order valence-corrected chi connectivity index (χ1v) is 8.51. The fourth-order valence-electron chi connectivity index (χ4n) is 2.78. The summed E-state index contributed by atoms with van der Waals surface area (Å²) in [5.74, 6) is 1.69. The highest BCUT2D eigenvalue weighted by atomic mass is 35.5. The van der Waals surface area contributed by atoms with E-state index in [1.807, 2.05) is 0 Å². The molecule has 0 spiro atoms. The van der Waals surface area contributed by atoms with Gasteiger partial charge in [0, 0.05) is 23.0 Å². The van der Waals surface area contributed by atoms with Gasteiger partial charge in [-0.3, -0.25) is 4.79 Å². The molecule has 0 saturated heterocycles. The van der Waals surface area contributed by atoms with Crippen molar-refractivity contribution in [1.82, 2.24) is 20.1 Å². The van der Waals surface area contributed by atoms with Gasteiger partial charge in [0.05, 0.1) is 13.0 Å². The maximum Gasteiger partial charge on any atom is 0.224 e. The minimum absolute atomic E-state index is 0.133. The molecule has 3 rings (SSSR count). The zero-order valence-electron chi connectivity index (χ0n) is 12.7. The fourth-order valence-corrected chi connectivity index (χ4v) is 3.31. The highest BCUT2D eigenvalue weighted by Gasteiger charge is 2.16. The Balaban J connectivity index is 1.63. The van der Waals surface area contributed by atoms with Gasteiger partial charge in [0.1, 0.15) is 5.82 Å². The summed E-state index contributed by atoms with van der Waals surface area (Å²) < 4.78 is 2.12. The van der Waals surface area contributed by atoms with Gasteiger partial charge < -0.3 is 9.88 Å². The summed E-state index contributed by atoms with van der Waals surface area (Å²) in [5.41, 5.74) is 0.647. The summed E-state index contributed by atoms with van der Waals surface area (Å²) in [7, 11) is 0. The van der Waals surface area contributed by atoms with E-state index in [9.17, 15) is 4.79 Å². The number of aryl methyl sites for hydroxylation is 1. The van der Waals surface area contributed by atoms with E-state index < -0.39 is 0 Å². The number of amides is 1. The molecule has 1 amide bonds. The number of carbonyl (C=O) groups excluding carboxylic acids is 1. The van der Waals surface area contributed by atoms with Crippen LogP contribution in [0.25, 0.3) is 0 Å². The Morgan fingerprint density at radius 3 is 2.74 bits per heavy atom. The van der Waals surface area contributed by atoms with Crippen LogP contribution in [0.3, 0.4) is 0 Å². The molecule has 0 aliphatic carbocycles. The lowest BCUT2D eigenvalue weighted by Gasteiger charge is -2.09. The van der Waals surface area contributed by atoms with Crippen molar-refractivity contribution in [2.45, 2.75) is 45.2 Å². The predicted molar refractivity (Wildman–Crippen MR) is 89.6 cm³/mol. The Labute approximate surface area is 145 Å². The highest BCUT2D eigenvalue weighted by molar-refractivity contribution is 6.36. The minimum atomic E-state index is -0.133. The maximum absolute atomic E-state index is 12.2. The summed E-state index contributed by atoms with van der Waals surface area (Å²) in [6, 6.07) is 5.22. The second kappa shape index (κ2) is 7.32. The number of rotatable bonds is 4. The van der Waals surface area contributed by atoms with Crippen LogP contribution in [0.2, 0.25) is 10.0 Å². The summed E-state index contributed by atoms with van der Waals surface area (Å²) in [6.45, 7) is 1.29. The normalized spacial score (nSPS) is 14.2. The molecular weight excluding hydrogens is 335 g/mol. The number of hydrogen-bond donors (Lipinski definition) is 1. The topological polar surface area (TPSA) is 59.8 Å². The molecule has 1 aromatic heterocycles. The van der Waals surface area contributed by atoms with E-state index in [0.29, 0.717) is 22.2 Å². The zero-order valence-corrected chi connectivity index (χ0v) is 14.2. The number of aromatic nitrogens is 3. The van der Waals surface area contributed by atoms with Gasteiger partial charge in [0.25, 0.3) is 0 Å². The number of benzene rings is 1. The van der Waals surface area contributed by atoms with Gasteiger partial charge in [-0.2, -0.15) is 0 Å². The van der Waals surface area contributed by atoms with Crippen molar-refractivity contribution in [3.8, 4) is 0 Å². The largest absolute Gasteiger partial charge is 0.349 e. The second-order valence-corrected chi connectivity index (χ2v) is 6.46. The van der Waals surface area contributed by atoms with Gasteiger partial charge in [-0.25, -0.2) is 0 Å². The molecule has 5 nitrogen and oxygen atoms in total. The van der Waals surface area contributed by atoms with Crippen LogP contribution in [0.5, 0.6) is 0 Å². The average molecular weight is 353 g/mol. The lowest BCUT2D eigenvalue weighted by Crippen LogP contribution is -2.26. The molecule has 0 fully saturated rings. The van der Waals surface area contributed by atoms with Gasteiger partial charge in [-0.15, -0.1) is 10.2 Å². The summed E-state index contributed by atoms with van der Waals surface area (Å²) >= 11 is 12.2. The Hall–Kier alpha value is -1.59. The van der Waals surface area contributed by atoms with Crippen LogP contribution in [-0.4, -0.2) is 20.7 Å². The number of fused-ring (bicyclic) bond motifs is 1. The second-order valence-electron chi connectivity index (χ2n) is 5.65. The molecule has 1 aliphatic rings. The number of nitrogens with one attached hydrogen (secondary N) is 1. The third-order valence-corrected chi connectivity index (χ3v) is 4.74. The molecule has 2 aromatic rings. The van der Waals surface area contributed by atoms with E-state index >= 15 is 0 Å². The molecule has 0 saturated carbocycles. The lowest BCUT2D eigenvalue weighted by atomic mass is 10.1. The third-order valence-electron chi connectivity index (χ3n) is 4.03. The van der Waals surface area contributed by atoms with Gasteiger partial charge in [0.2, 0.25) is 5.91 Å². The van der Waals surface area contributed by atoms with Crippen molar-refractivity contribution < 1.29 is 4.79 Å². The molecular formula is C16H18Cl2N4O. The smallest absolute Gasteiger partial charge is 0.224 e. The Morgan fingerprint density at radius 2 is 1.96 bits per heavy atom. The molecule has 2 heterocycles. The third kappa shape index (κ3) is 3.85. The number of halogens is 2. The van der Waals surface area contributed by atoms with E-state index in [-0.39, 0.29) is 12.3 Å². The van der Waals surface area contributed by atoms with Crippen molar-refractivity contribution in [2.24, 2.45) is 0 Å². The van der Waals surface area contributed by atoms with Crippen molar-refractivity contribution in [3.05, 3.63) is 45.5 Å². The lowest BCUT2D eigenvalue weighted by molar-refractivity contribution is -0.120. The number of carbonyl (C=O) groups is 1. The van der Waals surface area contributed by atoms with E-state index in [1.54, 1.807) is 18.2 Å². The van der Waals surface area contributed by atoms with Crippen LogP contribution in [0.1, 0.15) is 36.5 Å². The highest BCUT2D eigenvalue weighted by Crippen LogP contribution is 2.24. The van der Waals surface area contributed by atoms with Crippen molar-refractivity contribution in [3.63, 3.8) is 0 Å². The quantitative estimate of drug-likeness (QED) is 0.919. The summed E-state index contributed by atoms with van der Waals surface area (Å²) in [5, 5.41) is 12.3. The van der Waals surface area contributed by atoms with Gasteiger partial charge >= 0.3 is 0 Å². The Morgan fingerprint density at radius 1 is 1.17 bits per heavy atom. The standard InChI is InChI=1S/C16H18Cl2N4O/c17-12-5-4-6-13(18)11(12)9-16(23)19-10-15-21-20-14-7-2-1-3-8-22(14)15/h4-6H,1-3,7-10H2,(H,19,23). The van der Waals surface area contributed by atoms with Crippen LogP contribution in [0, 0.1) is 0 Å². The predicted octanol–water partition coefficient (Wildman–Crippen LogP) is 3.17.